The predicted molar refractivity (Wildman–Crippen MR) is 79.7 cm³/mol. The van der Waals surface area contributed by atoms with Crippen LogP contribution >= 0.6 is 0 Å². The molecule has 1 saturated carbocycles. The second-order valence-corrected chi connectivity index (χ2v) is 5.46. The van der Waals surface area contributed by atoms with E-state index in [1.807, 2.05) is 42.5 Å². The van der Waals surface area contributed by atoms with Crippen molar-refractivity contribution < 1.29 is 9.90 Å². The lowest BCUT2D eigenvalue weighted by atomic mass is 9.92. The molecule has 3 rings (SSSR count). The minimum Gasteiger partial charge on any atom is -0.391 e. The lowest BCUT2D eigenvalue weighted by Crippen LogP contribution is -2.45. The average molecular weight is 269 g/mol. The van der Waals surface area contributed by atoms with Crippen LogP contribution < -0.4 is 5.32 Å². The standard InChI is InChI=1S/C17H19NO2/c19-16-11-4-3-10-15(16)18-17(20)14-9-5-7-12-6-1-2-8-13(12)14/h1-2,5-9,15-16,19H,3-4,10-11H2,(H,18,20)/t15-,16-/m0/s1. The number of fused-ring (bicyclic) bond motifs is 1. The summed E-state index contributed by atoms with van der Waals surface area (Å²) in [6, 6.07) is 13.5. The second kappa shape index (κ2) is 5.63. The molecule has 0 aromatic heterocycles. The summed E-state index contributed by atoms with van der Waals surface area (Å²) in [4.78, 5) is 12.5. The van der Waals surface area contributed by atoms with Gasteiger partial charge in [0, 0.05) is 5.56 Å². The average Bonchev–Trinajstić information content (AvgIpc) is 2.49. The van der Waals surface area contributed by atoms with Crippen molar-refractivity contribution in [1.82, 2.24) is 5.32 Å². The van der Waals surface area contributed by atoms with Gasteiger partial charge in [-0.1, -0.05) is 49.2 Å². The zero-order valence-corrected chi connectivity index (χ0v) is 11.4. The van der Waals surface area contributed by atoms with Gasteiger partial charge in [0.15, 0.2) is 0 Å². The number of hydrogen-bond acceptors (Lipinski definition) is 2. The number of rotatable bonds is 2. The molecule has 1 aliphatic carbocycles. The minimum atomic E-state index is -0.414. The Morgan fingerprint density at radius 3 is 2.65 bits per heavy atom. The zero-order chi connectivity index (χ0) is 13.9. The second-order valence-electron chi connectivity index (χ2n) is 5.46. The first-order valence-electron chi connectivity index (χ1n) is 7.22. The summed E-state index contributed by atoms with van der Waals surface area (Å²) in [7, 11) is 0. The topological polar surface area (TPSA) is 49.3 Å². The van der Waals surface area contributed by atoms with E-state index < -0.39 is 6.10 Å². The first kappa shape index (κ1) is 13.1. The van der Waals surface area contributed by atoms with Crippen molar-refractivity contribution in [2.24, 2.45) is 0 Å². The van der Waals surface area contributed by atoms with E-state index in [1.54, 1.807) is 0 Å². The maximum Gasteiger partial charge on any atom is 0.252 e. The fourth-order valence-electron chi connectivity index (χ4n) is 2.95. The molecule has 1 aliphatic rings. The molecule has 0 radical (unpaired) electrons. The first-order chi connectivity index (χ1) is 9.75. The number of aliphatic hydroxyl groups excluding tert-OH is 1. The molecule has 2 atom stereocenters. The molecule has 0 spiro atoms. The van der Waals surface area contributed by atoms with Gasteiger partial charge in [-0.3, -0.25) is 4.79 Å². The minimum absolute atomic E-state index is 0.0900. The third kappa shape index (κ3) is 2.54. The molecule has 0 heterocycles. The summed E-state index contributed by atoms with van der Waals surface area (Å²) in [5, 5.41) is 15.0. The van der Waals surface area contributed by atoms with E-state index in [0.717, 1.165) is 36.5 Å². The molecule has 2 aromatic carbocycles. The fourth-order valence-corrected chi connectivity index (χ4v) is 2.95. The highest BCUT2D eigenvalue weighted by Gasteiger charge is 2.25. The normalized spacial score (nSPS) is 22.6. The molecule has 104 valence electrons. The van der Waals surface area contributed by atoms with Crippen molar-refractivity contribution >= 4 is 16.7 Å². The van der Waals surface area contributed by atoms with Gasteiger partial charge in [-0.2, -0.15) is 0 Å². The van der Waals surface area contributed by atoms with Crippen LogP contribution in [0.15, 0.2) is 42.5 Å². The summed E-state index contributed by atoms with van der Waals surface area (Å²) in [5.74, 6) is -0.0900. The number of benzene rings is 2. The smallest absolute Gasteiger partial charge is 0.252 e. The molecule has 3 nitrogen and oxygen atoms in total. The Labute approximate surface area is 118 Å². The molecule has 2 N–H and O–H groups in total. The molecule has 0 bridgehead atoms. The molecular formula is C17H19NO2. The van der Waals surface area contributed by atoms with E-state index in [9.17, 15) is 9.90 Å². The summed E-state index contributed by atoms with van der Waals surface area (Å²) in [5.41, 5.74) is 0.681. The highest BCUT2D eigenvalue weighted by molar-refractivity contribution is 6.07. The van der Waals surface area contributed by atoms with Gasteiger partial charge in [0.05, 0.1) is 12.1 Å². The third-order valence-corrected chi connectivity index (χ3v) is 4.08. The van der Waals surface area contributed by atoms with Crippen LogP contribution in [-0.4, -0.2) is 23.2 Å². The van der Waals surface area contributed by atoms with Crippen LogP contribution in [0.1, 0.15) is 36.0 Å². The SMILES string of the molecule is O=C(N[C@H]1CCCC[C@@H]1O)c1cccc2ccccc12. The van der Waals surface area contributed by atoms with Gasteiger partial charge in [0.1, 0.15) is 0 Å². The molecule has 0 aliphatic heterocycles. The van der Waals surface area contributed by atoms with Gasteiger partial charge in [-0.05, 0) is 29.7 Å². The summed E-state index contributed by atoms with van der Waals surface area (Å²) in [6.07, 6.45) is 3.33. The molecule has 2 aromatic rings. The van der Waals surface area contributed by atoms with E-state index in [0.29, 0.717) is 5.56 Å². The number of carbonyl (C=O) groups excluding carboxylic acids is 1. The van der Waals surface area contributed by atoms with Crippen molar-refractivity contribution in [1.29, 1.82) is 0 Å². The maximum atomic E-state index is 12.5. The maximum absolute atomic E-state index is 12.5. The number of carbonyl (C=O) groups is 1. The van der Waals surface area contributed by atoms with Gasteiger partial charge in [-0.25, -0.2) is 0 Å². The van der Waals surface area contributed by atoms with Crippen LogP contribution in [0.3, 0.4) is 0 Å². The van der Waals surface area contributed by atoms with Crippen LogP contribution in [0.25, 0.3) is 10.8 Å². The van der Waals surface area contributed by atoms with Gasteiger partial charge < -0.3 is 10.4 Å². The Morgan fingerprint density at radius 2 is 1.80 bits per heavy atom. The summed E-state index contributed by atoms with van der Waals surface area (Å²) >= 11 is 0. The van der Waals surface area contributed by atoms with Crippen molar-refractivity contribution in [2.45, 2.75) is 37.8 Å². The fraction of sp³-hybridized carbons (Fsp3) is 0.353. The quantitative estimate of drug-likeness (QED) is 0.880. The number of nitrogens with one attached hydrogen (secondary N) is 1. The Hall–Kier alpha value is -1.87. The Bertz CT molecular complexity index is 618. The van der Waals surface area contributed by atoms with Gasteiger partial charge in [-0.15, -0.1) is 0 Å². The van der Waals surface area contributed by atoms with E-state index in [1.165, 1.54) is 0 Å². The Kier molecular flexibility index (Phi) is 3.70. The largest absolute Gasteiger partial charge is 0.391 e. The van der Waals surface area contributed by atoms with E-state index in [2.05, 4.69) is 5.32 Å². The van der Waals surface area contributed by atoms with Crippen molar-refractivity contribution in [3.05, 3.63) is 48.0 Å². The predicted octanol–water partition coefficient (Wildman–Crippen LogP) is 2.87. The van der Waals surface area contributed by atoms with Crippen molar-refractivity contribution in [3.63, 3.8) is 0 Å². The molecule has 3 heteroatoms. The molecule has 1 amide bonds. The Morgan fingerprint density at radius 1 is 1.05 bits per heavy atom. The number of aliphatic hydroxyl groups is 1. The van der Waals surface area contributed by atoms with E-state index in [-0.39, 0.29) is 11.9 Å². The zero-order valence-electron chi connectivity index (χ0n) is 11.4. The first-order valence-corrected chi connectivity index (χ1v) is 7.22. The van der Waals surface area contributed by atoms with Gasteiger partial charge >= 0.3 is 0 Å². The molecule has 0 unspecified atom stereocenters. The highest BCUT2D eigenvalue weighted by Crippen LogP contribution is 2.21. The molecule has 20 heavy (non-hydrogen) atoms. The van der Waals surface area contributed by atoms with Gasteiger partial charge in [0.25, 0.3) is 5.91 Å². The van der Waals surface area contributed by atoms with Crippen LogP contribution in [0, 0.1) is 0 Å². The van der Waals surface area contributed by atoms with Crippen molar-refractivity contribution in [2.75, 3.05) is 0 Å². The Balaban J connectivity index is 1.85. The lowest BCUT2D eigenvalue weighted by molar-refractivity contribution is 0.0718. The number of amides is 1. The monoisotopic (exact) mass is 269 g/mol. The molecule has 1 fully saturated rings. The van der Waals surface area contributed by atoms with Gasteiger partial charge in [0.2, 0.25) is 0 Å². The lowest BCUT2D eigenvalue weighted by Gasteiger charge is -2.28. The highest BCUT2D eigenvalue weighted by atomic mass is 16.3. The van der Waals surface area contributed by atoms with E-state index in [4.69, 9.17) is 0 Å². The van der Waals surface area contributed by atoms with Crippen molar-refractivity contribution in [3.8, 4) is 0 Å². The van der Waals surface area contributed by atoms with Crippen LogP contribution in [0.2, 0.25) is 0 Å². The van der Waals surface area contributed by atoms with E-state index >= 15 is 0 Å². The number of hydrogen-bond donors (Lipinski definition) is 2. The van der Waals surface area contributed by atoms with Crippen LogP contribution in [-0.2, 0) is 0 Å². The molecule has 0 saturated heterocycles. The summed E-state index contributed by atoms with van der Waals surface area (Å²) < 4.78 is 0. The summed E-state index contributed by atoms with van der Waals surface area (Å²) in [6.45, 7) is 0. The van der Waals surface area contributed by atoms with Crippen LogP contribution in [0.4, 0.5) is 0 Å². The van der Waals surface area contributed by atoms with Crippen LogP contribution in [0.5, 0.6) is 0 Å². The molecular weight excluding hydrogens is 250 g/mol. The third-order valence-electron chi connectivity index (χ3n) is 4.08.